The van der Waals surface area contributed by atoms with Crippen LogP contribution in [0.15, 0.2) is 24.3 Å². The number of hydrogen-bond acceptors (Lipinski definition) is 5. The fourth-order valence-corrected chi connectivity index (χ4v) is 1.64. The maximum atomic E-state index is 11.6. The van der Waals surface area contributed by atoms with Crippen molar-refractivity contribution in [3.8, 4) is 11.4 Å². The molecule has 1 aromatic carbocycles. The van der Waals surface area contributed by atoms with Crippen molar-refractivity contribution in [1.29, 1.82) is 0 Å². The van der Waals surface area contributed by atoms with Gasteiger partial charge in [-0.25, -0.2) is 14.5 Å². The van der Waals surface area contributed by atoms with Gasteiger partial charge in [-0.3, -0.25) is 0 Å². The summed E-state index contributed by atoms with van der Waals surface area (Å²) in [5.41, 5.74) is 0.807. The van der Waals surface area contributed by atoms with Gasteiger partial charge in [0, 0.05) is 0 Å². The number of carbonyl (C=O) groups is 1. The molecule has 0 amide bonds. The Kier molecular flexibility index (Phi) is 3.79. The van der Waals surface area contributed by atoms with E-state index in [0.29, 0.717) is 12.4 Å². The minimum Gasteiger partial charge on any atom is -0.497 e. The first-order chi connectivity index (χ1) is 9.15. The summed E-state index contributed by atoms with van der Waals surface area (Å²) in [5, 5.41) is 4.14. The van der Waals surface area contributed by atoms with Crippen LogP contribution >= 0.6 is 0 Å². The topological polar surface area (TPSA) is 66.2 Å². The summed E-state index contributed by atoms with van der Waals surface area (Å²) in [6.45, 7) is 3.82. The van der Waals surface area contributed by atoms with E-state index in [0.717, 1.165) is 11.4 Å². The van der Waals surface area contributed by atoms with Gasteiger partial charge >= 0.3 is 5.97 Å². The van der Waals surface area contributed by atoms with Gasteiger partial charge in [-0.2, -0.15) is 0 Å². The van der Waals surface area contributed by atoms with Crippen molar-refractivity contribution in [3.63, 3.8) is 0 Å². The third kappa shape index (κ3) is 2.73. The average Bonchev–Trinajstić information content (AvgIpc) is 2.81. The Morgan fingerprint density at radius 3 is 2.58 bits per heavy atom. The van der Waals surface area contributed by atoms with Crippen molar-refractivity contribution in [3.05, 3.63) is 35.9 Å². The van der Waals surface area contributed by atoms with E-state index in [-0.39, 0.29) is 5.82 Å². The number of ether oxygens (including phenoxy) is 2. The molecule has 2 rings (SSSR count). The summed E-state index contributed by atoms with van der Waals surface area (Å²) in [4.78, 5) is 15.7. The van der Waals surface area contributed by atoms with Gasteiger partial charge in [-0.1, -0.05) is 0 Å². The number of methoxy groups -OCH3 is 1. The summed E-state index contributed by atoms with van der Waals surface area (Å²) < 4.78 is 11.6. The zero-order chi connectivity index (χ0) is 13.8. The Hall–Kier alpha value is -2.37. The van der Waals surface area contributed by atoms with E-state index in [1.54, 1.807) is 25.6 Å². The van der Waals surface area contributed by atoms with Crippen LogP contribution < -0.4 is 4.74 Å². The van der Waals surface area contributed by atoms with Gasteiger partial charge in [0.05, 0.1) is 19.4 Å². The van der Waals surface area contributed by atoms with E-state index in [2.05, 4.69) is 10.1 Å². The molecule has 2 aromatic rings. The molecule has 1 heterocycles. The lowest BCUT2D eigenvalue weighted by Gasteiger charge is -2.04. The molecule has 1 aromatic heterocycles. The smallest absolute Gasteiger partial charge is 0.378 e. The minimum atomic E-state index is -0.516. The Bertz CT molecular complexity index is 575. The zero-order valence-corrected chi connectivity index (χ0v) is 11.1. The SMILES string of the molecule is CCOC(=O)c1nc(C)n(-c2ccc(OC)cc2)n1. The van der Waals surface area contributed by atoms with Crippen molar-refractivity contribution in [2.75, 3.05) is 13.7 Å². The fourth-order valence-electron chi connectivity index (χ4n) is 1.64. The number of aryl methyl sites for hydroxylation is 1. The molecule has 0 aliphatic rings. The third-order valence-corrected chi connectivity index (χ3v) is 2.54. The van der Waals surface area contributed by atoms with E-state index >= 15 is 0 Å². The molecule has 0 spiro atoms. The van der Waals surface area contributed by atoms with Gasteiger partial charge in [0.25, 0.3) is 5.82 Å². The largest absolute Gasteiger partial charge is 0.497 e. The summed E-state index contributed by atoms with van der Waals surface area (Å²) in [6, 6.07) is 7.33. The molecule has 6 nitrogen and oxygen atoms in total. The van der Waals surface area contributed by atoms with Gasteiger partial charge < -0.3 is 9.47 Å². The van der Waals surface area contributed by atoms with E-state index in [1.165, 1.54) is 0 Å². The van der Waals surface area contributed by atoms with Crippen molar-refractivity contribution >= 4 is 5.97 Å². The monoisotopic (exact) mass is 261 g/mol. The Labute approximate surface area is 111 Å². The van der Waals surface area contributed by atoms with Crippen LogP contribution in [0.2, 0.25) is 0 Å². The number of carbonyl (C=O) groups excluding carboxylic acids is 1. The Morgan fingerprint density at radius 1 is 1.32 bits per heavy atom. The molecule has 0 saturated carbocycles. The molecule has 100 valence electrons. The first kappa shape index (κ1) is 13.1. The molecule has 19 heavy (non-hydrogen) atoms. The predicted octanol–water partition coefficient (Wildman–Crippen LogP) is 1.76. The van der Waals surface area contributed by atoms with Gasteiger partial charge in [0.2, 0.25) is 0 Å². The maximum Gasteiger partial charge on any atom is 0.378 e. The molecule has 0 saturated heterocycles. The molecule has 0 aliphatic heterocycles. The van der Waals surface area contributed by atoms with E-state index < -0.39 is 5.97 Å². The lowest BCUT2D eigenvalue weighted by molar-refractivity contribution is 0.0512. The van der Waals surface area contributed by atoms with Gasteiger partial charge in [-0.05, 0) is 38.1 Å². The number of benzene rings is 1. The van der Waals surface area contributed by atoms with E-state index in [9.17, 15) is 4.79 Å². The molecular weight excluding hydrogens is 246 g/mol. The van der Waals surface area contributed by atoms with Crippen LogP contribution in [0.5, 0.6) is 5.75 Å². The van der Waals surface area contributed by atoms with Crippen molar-refractivity contribution < 1.29 is 14.3 Å². The first-order valence-electron chi connectivity index (χ1n) is 5.91. The molecule has 0 atom stereocenters. The fraction of sp³-hybridized carbons (Fsp3) is 0.308. The van der Waals surface area contributed by atoms with E-state index in [4.69, 9.17) is 9.47 Å². The quantitative estimate of drug-likeness (QED) is 0.784. The second-order valence-electron chi connectivity index (χ2n) is 3.81. The number of aromatic nitrogens is 3. The third-order valence-electron chi connectivity index (χ3n) is 2.54. The number of hydrogen-bond donors (Lipinski definition) is 0. The molecule has 0 fully saturated rings. The van der Waals surface area contributed by atoms with Crippen LogP contribution in [0.4, 0.5) is 0 Å². The predicted molar refractivity (Wildman–Crippen MR) is 68.6 cm³/mol. The molecule has 0 bridgehead atoms. The highest BCUT2D eigenvalue weighted by molar-refractivity contribution is 5.85. The molecule has 0 aliphatic carbocycles. The normalized spacial score (nSPS) is 10.3. The lowest BCUT2D eigenvalue weighted by Crippen LogP contribution is -2.07. The van der Waals surface area contributed by atoms with Crippen LogP contribution in [0.25, 0.3) is 5.69 Å². The van der Waals surface area contributed by atoms with Crippen LogP contribution in [0, 0.1) is 6.92 Å². The van der Waals surface area contributed by atoms with Gasteiger partial charge in [0.15, 0.2) is 0 Å². The summed E-state index contributed by atoms with van der Waals surface area (Å²) in [6.07, 6.45) is 0. The van der Waals surface area contributed by atoms with Gasteiger partial charge in [-0.15, -0.1) is 5.10 Å². The maximum absolute atomic E-state index is 11.6. The van der Waals surface area contributed by atoms with Crippen LogP contribution in [-0.2, 0) is 4.74 Å². The Balaban J connectivity index is 2.31. The number of esters is 1. The standard InChI is InChI=1S/C13H15N3O3/c1-4-19-13(17)12-14-9(2)16(15-12)10-5-7-11(18-3)8-6-10/h5-8H,4H2,1-3H3. The lowest BCUT2D eigenvalue weighted by atomic mass is 10.3. The molecule has 0 radical (unpaired) electrons. The molecule has 6 heteroatoms. The van der Waals surface area contributed by atoms with Crippen molar-refractivity contribution in [2.24, 2.45) is 0 Å². The molecule has 0 N–H and O–H groups in total. The van der Waals surface area contributed by atoms with Crippen LogP contribution in [-0.4, -0.2) is 34.5 Å². The highest BCUT2D eigenvalue weighted by Gasteiger charge is 2.15. The van der Waals surface area contributed by atoms with Crippen LogP contribution in [0.3, 0.4) is 0 Å². The summed E-state index contributed by atoms with van der Waals surface area (Å²) in [5.74, 6) is 0.924. The van der Waals surface area contributed by atoms with E-state index in [1.807, 2.05) is 24.3 Å². The zero-order valence-electron chi connectivity index (χ0n) is 11.1. The van der Waals surface area contributed by atoms with Crippen molar-refractivity contribution in [1.82, 2.24) is 14.8 Å². The Morgan fingerprint density at radius 2 is 2.00 bits per heavy atom. The first-order valence-corrected chi connectivity index (χ1v) is 5.91. The average molecular weight is 261 g/mol. The van der Waals surface area contributed by atoms with Gasteiger partial charge in [0.1, 0.15) is 11.6 Å². The summed E-state index contributed by atoms with van der Waals surface area (Å²) in [7, 11) is 1.61. The number of nitrogens with zero attached hydrogens (tertiary/aromatic N) is 3. The minimum absolute atomic E-state index is 0.0650. The highest BCUT2D eigenvalue weighted by Crippen LogP contribution is 2.15. The van der Waals surface area contributed by atoms with Crippen LogP contribution in [0.1, 0.15) is 23.4 Å². The van der Waals surface area contributed by atoms with Crippen molar-refractivity contribution in [2.45, 2.75) is 13.8 Å². The highest BCUT2D eigenvalue weighted by atomic mass is 16.5. The molecular formula is C13H15N3O3. The second-order valence-corrected chi connectivity index (χ2v) is 3.81. The second kappa shape index (κ2) is 5.51. The summed E-state index contributed by atoms with van der Waals surface area (Å²) >= 11 is 0. The molecule has 0 unspecified atom stereocenters. The number of rotatable bonds is 4.